The van der Waals surface area contributed by atoms with Gasteiger partial charge in [0.25, 0.3) is 11.3 Å². The molecule has 1 aliphatic rings. The highest BCUT2D eigenvalue weighted by Gasteiger charge is 2.32. The van der Waals surface area contributed by atoms with E-state index in [0.29, 0.717) is 24.7 Å². The van der Waals surface area contributed by atoms with Crippen molar-refractivity contribution < 1.29 is 9.47 Å². The van der Waals surface area contributed by atoms with E-state index in [-0.39, 0.29) is 11.7 Å². The Morgan fingerprint density at radius 1 is 1.63 bits per heavy atom. The van der Waals surface area contributed by atoms with E-state index in [0.717, 1.165) is 0 Å². The number of hydrogen-bond acceptors (Lipinski definition) is 6. The lowest BCUT2D eigenvalue weighted by Gasteiger charge is -2.17. The lowest BCUT2D eigenvalue weighted by Crippen LogP contribution is -2.27. The van der Waals surface area contributed by atoms with Gasteiger partial charge in [0.2, 0.25) is 0 Å². The molecule has 0 saturated carbocycles. The van der Waals surface area contributed by atoms with Crippen LogP contribution in [0.15, 0.2) is 17.2 Å². The summed E-state index contributed by atoms with van der Waals surface area (Å²) in [7, 11) is 0. The summed E-state index contributed by atoms with van der Waals surface area (Å²) < 4.78 is 12.4. The second kappa shape index (κ2) is 4.32. The number of nitrogens with one attached hydrogen (secondary N) is 2. The maximum atomic E-state index is 11.7. The first-order chi connectivity index (χ1) is 9.03. The second-order valence-corrected chi connectivity index (χ2v) is 4.83. The second-order valence-electron chi connectivity index (χ2n) is 4.83. The van der Waals surface area contributed by atoms with Gasteiger partial charge in [-0.2, -0.15) is 9.50 Å². The van der Waals surface area contributed by atoms with E-state index in [1.807, 2.05) is 13.8 Å². The van der Waals surface area contributed by atoms with Crippen molar-refractivity contribution in [3.63, 3.8) is 0 Å². The smallest absolute Gasteiger partial charge is 0.276 e. The van der Waals surface area contributed by atoms with E-state index >= 15 is 0 Å². The number of nitrogens with zero attached hydrogens (tertiary/aromatic N) is 3. The summed E-state index contributed by atoms with van der Waals surface area (Å²) >= 11 is 0. The molecule has 2 N–H and O–H groups in total. The van der Waals surface area contributed by atoms with E-state index in [9.17, 15) is 4.79 Å². The number of fused-ring (bicyclic) bond motifs is 1. The molecule has 2 aromatic heterocycles. The van der Waals surface area contributed by atoms with Gasteiger partial charge >= 0.3 is 0 Å². The van der Waals surface area contributed by atoms with Crippen LogP contribution in [0, 0.1) is 0 Å². The summed E-state index contributed by atoms with van der Waals surface area (Å²) in [6, 6.07) is 1.41. The van der Waals surface area contributed by atoms with Crippen LogP contribution in [-0.4, -0.2) is 44.6 Å². The predicted octanol–water partition coefficient (Wildman–Crippen LogP) is -0.0190. The highest BCUT2D eigenvalue weighted by Crippen LogP contribution is 2.22. The minimum atomic E-state index is -0.550. The third kappa shape index (κ3) is 2.45. The quantitative estimate of drug-likeness (QED) is 0.810. The zero-order chi connectivity index (χ0) is 13.5. The average Bonchev–Trinajstić information content (AvgIpc) is 2.93. The molecule has 0 spiro atoms. The van der Waals surface area contributed by atoms with Gasteiger partial charge in [0.05, 0.1) is 6.61 Å². The molecule has 3 heterocycles. The molecule has 0 radical (unpaired) electrons. The van der Waals surface area contributed by atoms with E-state index in [2.05, 4.69) is 20.4 Å². The molecule has 1 unspecified atom stereocenters. The Morgan fingerprint density at radius 2 is 2.47 bits per heavy atom. The molecular weight excluding hydrogens is 250 g/mol. The van der Waals surface area contributed by atoms with Gasteiger partial charge in [-0.15, -0.1) is 0 Å². The van der Waals surface area contributed by atoms with Crippen molar-refractivity contribution >= 4 is 11.6 Å². The SMILES string of the molecule is CC1(C)OCC(CNc2cc(=O)n3[nH]cnc3n2)O1. The first kappa shape index (κ1) is 12.1. The van der Waals surface area contributed by atoms with Crippen LogP contribution >= 0.6 is 0 Å². The molecule has 0 amide bonds. The molecule has 1 saturated heterocycles. The minimum absolute atomic E-state index is 0.0607. The molecule has 1 aliphatic heterocycles. The molecule has 8 heteroatoms. The lowest BCUT2D eigenvalue weighted by atomic mass is 10.3. The molecule has 0 bridgehead atoms. The highest BCUT2D eigenvalue weighted by atomic mass is 16.7. The monoisotopic (exact) mass is 265 g/mol. The number of ether oxygens (including phenoxy) is 2. The van der Waals surface area contributed by atoms with E-state index in [4.69, 9.17) is 9.47 Å². The number of rotatable bonds is 3. The number of anilines is 1. The van der Waals surface area contributed by atoms with Gasteiger partial charge in [0, 0.05) is 12.6 Å². The standard InChI is InChI=1S/C11H15N5O3/c1-11(2)18-5-7(19-11)4-12-8-3-9(17)16-10(15-8)13-6-14-16/h3,6-7,12H,4-5H2,1-2H3,(H,13,14,15). The van der Waals surface area contributed by atoms with Crippen molar-refractivity contribution in [1.29, 1.82) is 0 Å². The summed E-state index contributed by atoms with van der Waals surface area (Å²) in [4.78, 5) is 19.9. The maximum absolute atomic E-state index is 11.7. The van der Waals surface area contributed by atoms with Gasteiger partial charge in [0.1, 0.15) is 18.2 Å². The van der Waals surface area contributed by atoms with Crippen LogP contribution in [0.3, 0.4) is 0 Å². The zero-order valence-electron chi connectivity index (χ0n) is 10.7. The van der Waals surface area contributed by atoms with Crippen molar-refractivity contribution in [3.05, 3.63) is 22.7 Å². The Bertz CT molecular complexity index is 647. The molecule has 1 fully saturated rings. The van der Waals surface area contributed by atoms with Crippen molar-refractivity contribution in [2.24, 2.45) is 0 Å². The van der Waals surface area contributed by atoms with Crippen LogP contribution in [0.1, 0.15) is 13.8 Å². The molecule has 0 aromatic carbocycles. The normalized spacial score (nSPS) is 21.9. The Balaban J connectivity index is 1.70. The van der Waals surface area contributed by atoms with Crippen molar-refractivity contribution in [1.82, 2.24) is 19.6 Å². The molecule has 2 aromatic rings. The van der Waals surface area contributed by atoms with E-state index in [1.165, 1.54) is 16.9 Å². The van der Waals surface area contributed by atoms with Crippen molar-refractivity contribution in [2.45, 2.75) is 25.7 Å². The Morgan fingerprint density at radius 3 is 3.21 bits per heavy atom. The highest BCUT2D eigenvalue weighted by molar-refractivity contribution is 5.40. The number of aromatic nitrogens is 4. The molecule has 1 atom stereocenters. The maximum Gasteiger partial charge on any atom is 0.276 e. The molecule has 3 rings (SSSR count). The Labute approximate surface area is 108 Å². The summed E-state index contributed by atoms with van der Waals surface area (Å²) in [5.74, 6) is 0.259. The summed E-state index contributed by atoms with van der Waals surface area (Å²) in [5, 5.41) is 5.74. The van der Waals surface area contributed by atoms with Crippen LogP contribution in [0.5, 0.6) is 0 Å². The van der Waals surface area contributed by atoms with Gasteiger partial charge in [-0.1, -0.05) is 0 Å². The molecular formula is C11H15N5O3. The summed E-state index contributed by atoms with van der Waals surface area (Å²) in [5.41, 5.74) is -0.214. The topological polar surface area (TPSA) is 93.5 Å². The Kier molecular flexibility index (Phi) is 2.76. The average molecular weight is 265 g/mol. The van der Waals surface area contributed by atoms with Gasteiger partial charge in [-0.25, -0.2) is 4.98 Å². The van der Waals surface area contributed by atoms with Gasteiger partial charge in [-0.05, 0) is 13.8 Å². The lowest BCUT2D eigenvalue weighted by molar-refractivity contribution is -0.136. The molecule has 19 heavy (non-hydrogen) atoms. The van der Waals surface area contributed by atoms with E-state index < -0.39 is 5.79 Å². The fraction of sp³-hybridized carbons (Fsp3) is 0.545. The first-order valence-corrected chi connectivity index (χ1v) is 6.02. The summed E-state index contributed by atoms with van der Waals surface area (Å²) in [6.45, 7) is 4.78. The molecule has 8 nitrogen and oxygen atoms in total. The Hall–Kier alpha value is -1.93. The predicted molar refractivity (Wildman–Crippen MR) is 67.0 cm³/mol. The minimum Gasteiger partial charge on any atom is -0.367 e. The van der Waals surface area contributed by atoms with Gasteiger partial charge in [0.15, 0.2) is 5.79 Å². The fourth-order valence-electron chi connectivity index (χ4n) is 1.99. The first-order valence-electron chi connectivity index (χ1n) is 6.02. The third-order valence-corrected chi connectivity index (χ3v) is 2.85. The number of H-pyrrole nitrogens is 1. The summed E-state index contributed by atoms with van der Waals surface area (Å²) in [6.07, 6.45) is 1.36. The van der Waals surface area contributed by atoms with Gasteiger partial charge < -0.3 is 14.8 Å². The van der Waals surface area contributed by atoms with Crippen molar-refractivity contribution in [2.75, 3.05) is 18.5 Å². The van der Waals surface area contributed by atoms with Crippen LogP contribution in [-0.2, 0) is 9.47 Å². The van der Waals surface area contributed by atoms with Crippen LogP contribution < -0.4 is 10.9 Å². The van der Waals surface area contributed by atoms with Gasteiger partial charge in [-0.3, -0.25) is 9.89 Å². The number of hydrogen-bond donors (Lipinski definition) is 2. The molecule has 0 aliphatic carbocycles. The van der Waals surface area contributed by atoms with Crippen LogP contribution in [0.2, 0.25) is 0 Å². The molecule has 102 valence electrons. The van der Waals surface area contributed by atoms with E-state index in [1.54, 1.807) is 0 Å². The fourth-order valence-corrected chi connectivity index (χ4v) is 1.99. The largest absolute Gasteiger partial charge is 0.367 e. The zero-order valence-corrected chi connectivity index (χ0v) is 10.7. The third-order valence-electron chi connectivity index (χ3n) is 2.85. The van der Waals surface area contributed by atoms with Crippen LogP contribution in [0.25, 0.3) is 5.78 Å². The van der Waals surface area contributed by atoms with Crippen LogP contribution in [0.4, 0.5) is 5.82 Å². The van der Waals surface area contributed by atoms with Crippen molar-refractivity contribution in [3.8, 4) is 0 Å². The number of aromatic amines is 1.